The van der Waals surface area contributed by atoms with E-state index in [0.29, 0.717) is 23.9 Å². The van der Waals surface area contributed by atoms with Crippen LogP contribution >= 0.6 is 35.3 Å². The van der Waals surface area contributed by atoms with E-state index in [-0.39, 0.29) is 36.1 Å². The molecule has 1 aromatic rings. The van der Waals surface area contributed by atoms with Crippen LogP contribution < -0.4 is 15.4 Å². The number of rotatable bonds is 8. The molecule has 0 saturated carbocycles. The Balaban J connectivity index is 0.00000576. The Kier molecular flexibility index (Phi) is 10.5. The molecule has 0 fully saturated rings. The number of aliphatic imine (C=N–C) groups is 1. The fourth-order valence-electron chi connectivity index (χ4n) is 1.91. The lowest BCUT2D eigenvalue weighted by molar-refractivity contribution is 0.0268. The molecule has 0 bridgehead atoms. The molecule has 7 nitrogen and oxygen atoms in total. The lowest BCUT2D eigenvalue weighted by Gasteiger charge is -2.24. The normalized spacial score (nSPS) is 12.6. The molecule has 0 aliphatic heterocycles. The van der Waals surface area contributed by atoms with E-state index in [1.807, 2.05) is 27.7 Å². The van der Waals surface area contributed by atoms with Gasteiger partial charge in [-0.05, 0) is 33.8 Å². The maximum Gasteiger partial charge on any atom is 0.241 e. The highest BCUT2D eigenvalue weighted by atomic mass is 127. The van der Waals surface area contributed by atoms with Crippen molar-refractivity contribution in [2.45, 2.75) is 38.2 Å². The molecule has 0 saturated heterocycles. The van der Waals surface area contributed by atoms with Crippen molar-refractivity contribution in [2.24, 2.45) is 4.99 Å². The zero-order valence-electron chi connectivity index (χ0n) is 15.6. The molecule has 3 N–H and O–H groups in total. The molecule has 0 amide bonds. The van der Waals surface area contributed by atoms with Gasteiger partial charge in [0.05, 0.1) is 10.5 Å². The minimum absolute atomic E-state index is 0. The number of hydrogen-bond donors (Lipinski definition) is 3. The first-order chi connectivity index (χ1) is 11.1. The van der Waals surface area contributed by atoms with Gasteiger partial charge in [-0.15, -0.1) is 35.3 Å². The number of nitrogens with one attached hydrogen (secondary N) is 3. The van der Waals surface area contributed by atoms with Gasteiger partial charge < -0.3 is 15.4 Å². The highest BCUT2D eigenvalue weighted by Crippen LogP contribution is 2.24. The fraction of sp³-hybridized carbons (Fsp3) is 0.667. The summed E-state index contributed by atoms with van der Waals surface area (Å²) in [5, 5.41) is 6.21. The third-order valence-electron chi connectivity index (χ3n) is 3.45. The van der Waals surface area contributed by atoms with Gasteiger partial charge in [0, 0.05) is 43.5 Å². The minimum atomic E-state index is -3.47. The van der Waals surface area contributed by atoms with Crippen LogP contribution in [0, 0.1) is 13.8 Å². The maximum atomic E-state index is 12.3. The monoisotopic (exact) mass is 504 g/mol. The van der Waals surface area contributed by atoms with Crippen LogP contribution in [0.15, 0.2) is 16.0 Å². The predicted octanol–water partition coefficient (Wildman–Crippen LogP) is 1.85. The maximum absolute atomic E-state index is 12.3. The van der Waals surface area contributed by atoms with Gasteiger partial charge in [0.1, 0.15) is 0 Å². The predicted molar refractivity (Wildman–Crippen MR) is 115 cm³/mol. The van der Waals surface area contributed by atoms with E-state index in [1.165, 1.54) is 11.3 Å². The zero-order valence-corrected chi connectivity index (χ0v) is 19.6. The summed E-state index contributed by atoms with van der Waals surface area (Å²) >= 11 is 1.48. The van der Waals surface area contributed by atoms with Crippen molar-refractivity contribution in [1.82, 2.24) is 15.4 Å². The van der Waals surface area contributed by atoms with E-state index >= 15 is 0 Å². The van der Waals surface area contributed by atoms with Gasteiger partial charge in [0.25, 0.3) is 0 Å². The van der Waals surface area contributed by atoms with Crippen LogP contribution in [0.4, 0.5) is 0 Å². The molecule has 0 spiro atoms. The molecule has 0 aliphatic rings. The fourth-order valence-corrected chi connectivity index (χ4v) is 4.49. The molecule has 1 rings (SSSR count). The second-order valence-corrected chi connectivity index (χ2v) is 9.19. The highest BCUT2D eigenvalue weighted by Gasteiger charge is 2.19. The second kappa shape index (κ2) is 10.7. The first-order valence-electron chi connectivity index (χ1n) is 7.67. The van der Waals surface area contributed by atoms with Crippen molar-refractivity contribution >= 4 is 51.3 Å². The summed E-state index contributed by atoms with van der Waals surface area (Å²) in [4.78, 5) is 6.24. The van der Waals surface area contributed by atoms with Crippen LogP contribution in [-0.2, 0) is 14.8 Å². The Labute approximate surface area is 172 Å². The molecule has 146 valence electrons. The van der Waals surface area contributed by atoms with Crippen molar-refractivity contribution in [3.63, 3.8) is 0 Å². The average molecular weight is 504 g/mol. The van der Waals surface area contributed by atoms with Crippen molar-refractivity contribution in [3.8, 4) is 0 Å². The van der Waals surface area contributed by atoms with E-state index in [4.69, 9.17) is 4.74 Å². The van der Waals surface area contributed by atoms with Gasteiger partial charge in [-0.2, -0.15) is 0 Å². The van der Waals surface area contributed by atoms with E-state index in [1.54, 1.807) is 20.2 Å². The number of thiophene rings is 1. The Bertz CT molecular complexity index is 672. The van der Waals surface area contributed by atoms with Crippen molar-refractivity contribution in [3.05, 3.63) is 15.8 Å². The zero-order chi connectivity index (χ0) is 18.4. The van der Waals surface area contributed by atoms with Crippen LogP contribution in [0.3, 0.4) is 0 Å². The molecule has 0 radical (unpaired) electrons. The summed E-state index contributed by atoms with van der Waals surface area (Å²) in [7, 11) is -0.157. The molecule has 10 heteroatoms. The third kappa shape index (κ3) is 8.20. The Morgan fingerprint density at radius 1 is 1.28 bits per heavy atom. The van der Waals surface area contributed by atoms with Crippen LogP contribution in [0.5, 0.6) is 0 Å². The Morgan fingerprint density at radius 3 is 2.40 bits per heavy atom. The van der Waals surface area contributed by atoms with Crippen molar-refractivity contribution in [1.29, 1.82) is 0 Å². The van der Waals surface area contributed by atoms with Gasteiger partial charge in [-0.1, -0.05) is 0 Å². The van der Waals surface area contributed by atoms with Crippen LogP contribution in [0.2, 0.25) is 0 Å². The molecule has 0 aliphatic carbocycles. The van der Waals surface area contributed by atoms with Crippen LogP contribution in [-0.4, -0.2) is 53.8 Å². The number of hydrogen-bond acceptors (Lipinski definition) is 5. The van der Waals surface area contributed by atoms with E-state index in [0.717, 1.165) is 9.75 Å². The largest absolute Gasteiger partial charge is 0.377 e. The van der Waals surface area contributed by atoms with Gasteiger partial charge in [0.2, 0.25) is 10.0 Å². The first kappa shape index (κ1) is 24.6. The van der Waals surface area contributed by atoms with Crippen LogP contribution in [0.25, 0.3) is 0 Å². The standard InChI is InChI=1S/C15H28N4O3S2.HI/c1-11-9-13(12(2)23-11)24(20,21)19-8-7-17-14(16-5)18-10-15(3,4)22-6;/h9,19H,7-8,10H2,1-6H3,(H2,16,17,18);1H. The molecule has 0 unspecified atom stereocenters. The summed E-state index contributed by atoms with van der Waals surface area (Å²) in [6.45, 7) is 8.92. The topological polar surface area (TPSA) is 91.8 Å². The summed E-state index contributed by atoms with van der Waals surface area (Å²) in [6, 6.07) is 1.70. The minimum Gasteiger partial charge on any atom is -0.377 e. The van der Waals surface area contributed by atoms with Gasteiger partial charge in [-0.25, -0.2) is 13.1 Å². The van der Waals surface area contributed by atoms with Crippen molar-refractivity contribution < 1.29 is 13.2 Å². The number of nitrogens with zero attached hydrogens (tertiary/aromatic N) is 1. The number of sulfonamides is 1. The van der Waals surface area contributed by atoms with Gasteiger partial charge >= 0.3 is 0 Å². The van der Waals surface area contributed by atoms with Crippen molar-refractivity contribution in [2.75, 3.05) is 33.8 Å². The molecule has 0 aromatic carbocycles. The van der Waals surface area contributed by atoms with Gasteiger partial charge in [-0.3, -0.25) is 4.99 Å². The highest BCUT2D eigenvalue weighted by molar-refractivity contribution is 14.0. The van der Waals surface area contributed by atoms with Gasteiger partial charge in [0.15, 0.2) is 5.96 Å². The quantitative estimate of drug-likeness (QED) is 0.218. The summed E-state index contributed by atoms with van der Waals surface area (Å²) in [6.07, 6.45) is 0. The first-order valence-corrected chi connectivity index (χ1v) is 9.97. The second-order valence-electron chi connectivity index (χ2n) is 5.99. The molecule has 1 heterocycles. The number of methoxy groups -OCH3 is 1. The third-order valence-corrected chi connectivity index (χ3v) is 6.13. The summed E-state index contributed by atoms with van der Waals surface area (Å²) < 4.78 is 32.5. The SMILES string of the molecule is CN=C(NCCNS(=O)(=O)c1cc(C)sc1C)NCC(C)(C)OC.I. The number of aryl methyl sites for hydroxylation is 2. The lowest BCUT2D eigenvalue weighted by Crippen LogP contribution is -2.46. The molecule has 0 atom stereocenters. The molecular weight excluding hydrogens is 475 g/mol. The number of ether oxygens (including phenoxy) is 1. The van der Waals surface area contributed by atoms with E-state index < -0.39 is 10.0 Å². The molecular formula is C15H29IN4O3S2. The smallest absolute Gasteiger partial charge is 0.241 e. The summed E-state index contributed by atoms with van der Waals surface area (Å²) in [5.74, 6) is 0.599. The number of guanidine groups is 1. The Morgan fingerprint density at radius 2 is 1.92 bits per heavy atom. The van der Waals surface area contributed by atoms with E-state index in [2.05, 4.69) is 20.3 Å². The number of halogens is 1. The van der Waals surface area contributed by atoms with E-state index in [9.17, 15) is 8.42 Å². The van der Waals surface area contributed by atoms with Crippen LogP contribution in [0.1, 0.15) is 23.6 Å². The average Bonchev–Trinajstić information content (AvgIpc) is 2.86. The summed E-state index contributed by atoms with van der Waals surface area (Å²) in [5.41, 5.74) is -0.312. The molecule has 1 aromatic heterocycles. The Hall–Kier alpha value is -0.430. The lowest BCUT2D eigenvalue weighted by atomic mass is 10.1. The molecule has 25 heavy (non-hydrogen) atoms.